The van der Waals surface area contributed by atoms with Gasteiger partial charge in [-0.3, -0.25) is 4.99 Å². The number of ether oxygens (including phenoxy) is 2. The molecule has 0 heterocycles. The third-order valence-corrected chi connectivity index (χ3v) is 4.90. The van der Waals surface area contributed by atoms with Gasteiger partial charge in [0.1, 0.15) is 12.4 Å². The molecule has 0 aromatic heterocycles. The van der Waals surface area contributed by atoms with E-state index in [1.54, 1.807) is 14.2 Å². The summed E-state index contributed by atoms with van der Waals surface area (Å²) in [4.78, 5) is 4.22. The number of methoxy groups -OCH3 is 1. The van der Waals surface area contributed by atoms with Gasteiger partial charge in [0.2, 0.25) is 0 Å². The van der Waals surface area contributed by atoms with Crippen LogP contribution in [0.3, 0.4) is 0 Å². The highest BCUT2D eigenvalue weighted by molar-refractivity contribution is 14.0. The van der Waals surface area contributed by atoms with Crippen molar-refractivity contribution in [3.05, 3.63) is 29.8 Å². The first kappa shape index (κ1) is 23.9. The highest BCUT2D eigenvalue weighted by atomic mass is 127. The van der Waals surface area contributed by atoms with Crippen molar-refractivity contribution in [3.8, 4) is 5.75 Å². The van der Waals surface area contributed by atoms with Gasteiger partial charge < -0.3 is 20.1 Å². The molecule has 0 saturated heterocycles. The van der Waals surface area contributed by atoms with E-state index in [0.717, 1.165) is 25.6 Å². The second kappa shape index (κ2) is 12.3. The summed E-state index contributed by atoms with van der Waals surface area (Å²) in [5, 5.41) is 6.54. The van der Waals surface area contributed by atoms with Crippen molar-refractivity contribution < 1.29 is 18.3 Å². The van der Waals surface area contributed by atoms with Gasteiger partial charge in [0.25, 0.3) is 0 Å². The third kappa shape index (κ3) is 7.77. The van der Waals surface area contributed by atoms with Crippen LogP contribution in [0.5, 0.6) is 5.75 Å². The van der Waals surface area contributed by atoms with Crippen LogP contribution in [0, 0.1) is 17.0 Å². The van der Waals surface area contributed by atoms with Gasteiger partial charge in [0.15, 0.2) is 17.5 Å². The van der Waals surface area contributed by atoms with Crippen molar-refractivity contribution in [2.45, 2.75) is 32.1 Å². The minimum atomic E-state index is -0.700. The summed E-state index contributed by atoms with van der Waals surface area (Å²) in [6.45, 7) is 2.33. The fraction of sp³-hybridized carbons (Fsp3) is 0.632. The van der Waals surface area contributed by atoms with E-state index < -0.39 is 11.6 Å². The summed E-state index contributed by atoms with van der Waals surface area (Å²) in [6, 6.07) is 3.27. The molecule has 0 bridgehead atoms. The van der Waals surface area contributed by atoms with Crippen LogP contribution in [-0.4, -0.2) is 46.4 Å². The zero-order valence-electron chi connectivity index (χ0n) is 16.0. The maximum absolute atomic E-state index is 13.5. The smallest absolute Gasteiger partial charge is 0.191 e. The lowest BCUT2D eigenvalue weighted by atomic mass is 9.83. The number of benzene rings is 1. The molecule has 0 radical (unpaired) electrons. The summed E-state index contributed by atoms with van der Waals surface area (Å²) in [5.41, 5.74) is 0.265. The summed E-state index contributed by atoms with van der Waals surface area (Å²) in [7, 11) is 3.45. The SMILES string of the molecule is CN=C(NCCOc1ccc(F)cc1F)NCC1(CCOC)CCCC1.I. The molecule has 27 heavy (non-hydrogen) atoms. The topological polar surface area (TPSA) is 54.9 Å². The fourth-order valence-electron chi connectivity index (χ4n) is 3.37. The molecule has 0 spiro atoms. The zero-order chi connectivity index (χ0) is 18.8. The van der Waals surface area contributed by atoms with Crippen LogP contribution in [0.1, 0.15) is 32.1 Å². The van der Waals surface area contributed by atoms with Crippen LogP contribution in [0.2, 0.25) is 0 Å². The average molecular weight is 497 g/mol. The molecule has 1 saturated carbocycles. The van der Waals surface area contributed by atoms with E-state index in [-0.39, 0.29) is 41.7 Å². The van der Waals surface area contributed by atoms with Gasteiger partial charge in [0, 0.05) is 33.4 Å². The molecule has 5 nitrogen and oxygen atoms in total. The Labute approximate surface area is 177 Å². The fourth-order valence-corrected chi connectivity index (χ4v) is 3.37. The maximum Gasteiger partial charge on any atom is 0.191 e. The van der Waals surface area contributed by atoms with Gasteiger partial charge in [-0.15, -0.1) is 24.0 Å². The molecule has 1 fully saturated rings. The quantitative estimate of drug-likeness (QED) is 0.237. The van der Waals surface area contributed by atoms with Crippen LogP contribution in [-0.2, 0) is 4.74 Å². The van der Waals surface area contributed by atoms with Crippen molar-refractivity contribution in [1.82, 2.24) is 10.6 Å². The van der Waals surface area contributed by atoms with Crippen LogP contribution in [0.25, 0.3) is 0 Å². The minimum Gasteiger partial charge on any atom is -0.489 e. The molecule has 1 aliphatic carbocycles. The Kier molecular flexibility index (Phi) is 10.9. The Morgan fingerprint density at radius 2 is 1.93 bits per heavy atom. The molecule has 0 amide bonds. The van der Waals surface area contributed by atoms with Crippen molar-refractivity contribution in [2.24, 2.45) is 10.4 Å². The number of halogens is 3. The summed E-state index contributed by atoms with van der Waals surface area (Å²) in [5.74, 6) is -0.585. The molecule has 1 aromatic carbocycles. The van der Waals surface area contributed by atoms with E-state index >= 15 is 0 Å². The Morgan fingerprint density at radius 1 is 1.19 bits per heavy atom. The number of hydrogen-bond acceptors (Lipinski definition) is 3. The van der Waals surface area contributed by atoms with Gasteiger partial charge >= 0.3 is 0 Å². The predicted molar refractivity (Wildman–Crippen MR) is 114 cm³/mol. The lowest BCUT2D eigenvalue weighted by Crippen LogP contribution is -2.44. The minimum absolute atomic E-state index is 0. The van der Waals surface area contributed by atoms with Gasteiger partial charge in [-0.1, -0.05) is 12.8 Å². The van der Waals surface area contributed by atoms with E-state index in [9.17, 15) is 8.78 Å². The van der Waals surface area contributed by atoms with E-state index in [2.05, 4.69) is 15.6 Å². The van der Waals surface area contributed by atoms with Crippen LogP contribution >= 0.6 is 24.0 Å². The van der Waals surface area contributed by atoms with Gasteiger partial charge in [-0.05, 0) is 36.8 Å². The van der Waals surface area contributed by atoms with Gasteiger partial charge in [-0.2, -0.15) is 0 Å². The number of aliphatic imine (C=N–C) groups is 1. The Bertz CT molecular complexity index is 596. The second-order valence-electron chi connectivity index (χ2n) is 6.73. The Hall–Kier alpha value is -1.16. The van der Waals surface area contributed by atoms with Crippen molar-refractivity contribution in [1.29, 1.82) is 0 Å². The summed E-state index contributed by atoms with van der Waals surface area (Å²) < 4.78 is 37.0. The van der Waals surface area contributed by atoms with Crippen LogP contribution < -0.4 is 15.4 Å². The highest BCUT2D eigenvalue weighted by Crippen LogP contribution is 2.40. The average Bonchev–Trinajstić information content (AvgIpc) is 3.10. The van der Waals surface area contributed by atoms with E-state index in [1.165, 1.54) is 37.8 Å². The second-order valence-corrected chi connectivity index (χ2v) is 6.73. The number of nitrogens with zero attached hydrogens (tertiary/aromatic N) is 1. The molecule has 2 rings (SSSR count). The molecule has 2 N–H and O–H groups in total. The first-order valence-corrected chi connectivity index (χ1v) is 9.10. The predicted octanol–water partition coefficient (Wildman–Crippen LogP) is 3.72. The van der Waals surface area contributed by atoms with Crippen molar-refractivity contribution in [2.75, 3.05) is 40.5 Å². The first-order chi connectivity index (χ1) is 12.6. The number of rotatable bonds is 9. The molecule has 0 aliphatic heterocycles. The van der Waals surface area contributed by atoms with E-state index in [1.807, 2.05) is 0 Å². The third-order valence-electron chi connectivity index (χ3n) is 4.90. The molecule has 0 unspecified atom stereocenters. The highest BCUT2D eigenvalue weighted by Gasteiger charge is 2.33. The molecule has 8 heteroatoms. The molecular weight excluding hydrogens is 467 g/mol. The zero-order valence-corrected chi connectivity index (χ0v) is 18.4. The largest absolute Gasteiger partial charge is 0.489 e. The van der Waals surface area contributed by atoms with Gasteiger partial charge in [0.05, 0.1) is 6.54 Å². The first-order valence-electron chi connectivity index (χ1n) is 9.10. The van der Waals surface area contributed by atoms with E-state index in [4.69, 9.17) is 9.47 Å². The maximum atomic E-state index is 13.5. The molecule has 0 atom stereocenters. The summed E-state index contributed by atoms with van der Waals surface area (Å²) >= 11 is 0. The Balaban J connectivity index is 0.00000364. The summed E-state index contributed by atoms with van der Waals surface area (Å²) in [6.07, 6.45) is 5.96. The van der Waals surface area contributed by atoms with Crippen molar-refractivity contribution in [3.63, 3.8) is 0 Å². The van der Waals surface area contributed by atoms with Crippen LogP contribution in [0.15, 0.2) is 23.2 Å². The monoisotopic (exact) mass is 497 g/mol. The number of hydrogen-bond donors (Lipinski definition) is 2. The Morgan fingerprint density at radius 3 is 2.56 bits per heavy atom. The van der Waals surface area contributed by atoms with E-state index in [0.29, 0.717) is 12.5 Å². The molecule has 154 valence electrons. The van der Waals surface area contributed by atoms with Gasteiger partial charge in [-0.25, -0.2) is 8.78 Å². The molecule has 1 aliphatic rings. The number of nitrogens with one attached hydrogen (secondary N) is 2. The number of guanidine groups is 1. The lowest BCUT2D eigenvalue weighted by Gasteiger charge is -2.29. The molecular formula is C19H30F2IN3O2. The van der Waals surface area contributed by atoms with Crippen LogP contribution in [0.4, 0.5) is 8.78 Å². The van der Waals surface area contributed by atoms with Crippen molar-refractivity contribution >= 4 is 29.9 Å². The lowest BCUT2D eigenvalue weighted by molar-refractivity contribution is 0.138. The standard InChI is InChI=1S/C19H29F2N3O2.HI/c1-22-18(24-14-19(9-11-25-2)7-3-4-8-19)23-10-12-26-17-6-5-15(20)13-16(17)21;/h5-6,13H,3-4,7-12,14H2,1-2H3,(H2,22,23,24);1H. The normalized spacial score (nSPS) is 15.9. The molecule has 1 aromatic rings.